The van der Waals surface area contributed by atoms with Crippen LogP contribution in [0.1, 0.15) is 20.3 Å². The molecule has 0 fully saturated rings. The second-order valence-electron chi connectivity index (χ2n) is 2.16. The molecule has 0 radical (unpaired) electrons. The van der Waals surface area contributed by atoms with Gasteiger partial charge in [-0.15, -0.1) is 0 Å². The van der Waals surface area contributed by atoms with Crippen molar-refractivity contribution in [3.05, 3.63) is 0 Å². The van der Waals surface area contributed by atoms with E-state index in [1.54, 1.807) is 6.92 Å². The van der Waals surface area contributed by atoms with Crippen LogP contribution in [-0.4, -0.2) is 27.2 Å². The summed E-state index contributed by atoms with van der Waals surface area (Å²) in [6.07, 6.45) is 0.949. The molecule has 0 aliphatic carbocycles. The Morgan fingerprint density at radius 3 is 2.70 bits per heavy atom. The van der Waals surface area contributed by atoms with Crippen LogP contribution >= 0.6 is 0 Å². The van der Waals surface area contributed by atoms with E-state index in [9.17, 15) is 4.21 Å². The fourth-order valence-corrected chi connectivity index (χ4v) is 0.664. The van der Waals surface area contributed by atoms with E-state index in [0.717, 1.165) is 6.42 Å². The van der Waals surface area contributed by atoms with E-state index < -0.39 is 11.1 Å². The van der Waals surface area contributed by atoms with Crippen LogP contribution in [0.4, 0.5) is 0 Å². The lowest BCUT2D eigenvalue weighted by Crippen LogP contribution is -2.17. The standard InChI is InChI=1S/C6H14O3S/c1-3-4-9-5-6(2)10(7)8/h6H,3-5H2,1-2H3,(H,7,8). The minimum absolute atomic E-state index is 0.272. The fraction of sp³-hybridized carbons (Fsp3) is 1.00. The summed E-state index contributed by atoms with van der Waals surface area (Å²) >= 11 is -1.74. The van der Waals surface area contributed by atoms with Crippen molar-refractivity contribution >= 4 is 11.1 Å². The zero-order chi connectivity index (χ0) is 7.98. The van der Waals surface area contributed by atoms with Gasteiger partial charge < -0.3 is 9.29 Å². The zero-order valence-corrected chi connectivity index (χ0v) is 7.19. The molecule has 0 heterocycles. The first-order valence-electron chi connectivity index (χ1n) is 3.35. The van der Waals surface area contributed by atoms with E-state index in [4.69, 9.17) is 9.29 Å². The molecule has 0 aromatic carbocycles. The Bertz CT molecular complexity index is 105. The largest absolute Gasteiger partial charge is 0.380 e. The summed E-state index contributed by atoms with van der Waals surface area (Å²) in [5.74, 6) is 0. The Hall–Kier alpha value is 0.0700. The monoisotopic (exact) mass is 166 g/mol. The predicted octanol–water partition coefficient (Wildman–Crippen LogP) is 1.02. The SMILES string of the molecule is CCCOCC(C)S(=O)O. The maximum absolute atomic E-state index is 10.3. The van der Waals surface area contributed by atoms with E-state index in [0.29, 0.717) is 13.2 Å². The van der Waals surface area contributed by atoms with Crippen molar-refractivity contribution in [2.75, 3.05) is 13.2 Å². The number of hydrogen-bond donors (Lipinski definition) is 1. The van der Waals surface area contributed by atoms with Gasteiger partial charge in [-0.1, -0.05) is 6.92 Å². The first kappa shape index (κ1) is 10.1. The molecule has 2 unspecified atom stereocenters. The second-order valence-corrected chi connectivity index (χ2v) is 3.52. The molecule has 0 amide bonds. The van der Waals surface area contributed by atoms with Crippen molar-refractivity contribution in [1.82, 2.24) is 0 Å². The first-order valence-corrected chi connectivity index (χ1v) is 4.52. The maximum atomic E-state index is 10.3. The fourth-order valence-electron chi connectivity index (χ4n) is 0.452. The van der Waals surface area contributed by atoms with Crippen LogP contribution < -0.4 is 0 Å². The predicted molar refractivity (Wildman–Crippen MR) is 41.3 cm³/mol. The average Bonchev–Trinajstić information content (AvgIpc) is 1.88. The molecule has 3 nitrogen and oxygen atoms in total. The molecule has 0 rings (SSSR count). The lowest BCUT2D eigenvalue weighted by molar-refractivity contribution is 0.136. The topological polar surface area (TPSA) is 46.5 Å². The van der Waals surface area contributed by atoms with Gasteiger partial charge in [0.05, 0.1) is 11.9 Å². The van der Waals surface area contributed by atoms with E-state index in [-0.39, 0.29) is 5.25 Å². The van der Waals surface area contributed by atoms with Crippen molar-refractivity contribution < 1.29 is 13.5 Å². The Kier molecular flexibility index (Phi) is 5.87. The zero-order valence-electron chi connectivity index (χ0n) is 6.37. The highest BCUT2D eigenvalue weighted by molar-refractivity contribution is 7.79. The van der Waals surface area contributed by atoms with E-state index in [1.807, 2.05) is 6.92 Å². The van der Waals surface area contributed by atoms with Crippen molar-refractivity contribution in [1.29, 1.82) is 0 Å². The van der Waals surface area contributed by atoms with Crippen LogP contribution in [0.25, 0.3) is 0 Å². The van der Waals surface area contributed by atoms with Crippen LogP contribution in [-0.2, 0) is 15.8 Å². The van der Waals surface area contributed by atoms with Crippen LogP contribution in [0.2, 0.25) is 0 Å². The van der Waals surface area contributed by atoms with Gasteiger partial charge in [-0.3, -0.25) is 0 Å². The van der Waals surface area contributed by atoms with Crippen LogP contribution in [0.5, 0.6) is 0 Å². The van der Waals surface area contributed by atoms with Crippen LogP contribution in [0, 0.1) is 0 Å². The highest BCUT2D eigenvalue weighted by Gasteiger charge is 2.06. The minimum atomic E-state index is -1.74. The highest BCUT2D eigenvalue weighted by atomic mass is 32.2. The summed E-state index contributed by atoms with van der Waals surface area (Å²) in [5.41, 5.74) is 0. The van der Waals surface area contributed by atoms with Crippen LogP contribution in [0.15, 0.2) is 0 Å². The third-order valence-electron chi connectivity index (χ3n) is 1.05. The molecule has 4 heteroatoms. The van der Waals surface area contributed by atoms with Gasteiger partial charge in [-0.05, 0) is 13.3 Å². The molecule has 10 heavy (non-hydrogen) atoms. The van der Waals surface area contributed by atoms with Gasteiger partial charge in [0, 0.05) is 6.61 Å². The van der Waals surface area contributed by atoms with Gasteiger partial charge in [-0.25, -0.2) is 4.21 Å². The van der Waals surface area contributed by atoms with E-state index in [2.05, 4.69) is 0 Å². The Balaban J connectivity index is 3.21. The van der Waals surface area contributed by atoms with Gasteiger partial charge in [0.2, 0.25) is 0 Å². The molecule has 0 bridgehead atoms. The van der Waals surface area contributed by atoms with Gasteiger partial charge in [0.15, 0.2) is 11.1 Å². The molecular formula is C6H14O3S. The molecule has 0 aliphatic heterocycles. The minimum Gasteiger partial charge on any atom is -0.380 e. The molecule has 0 saturated carbocycles. The van der Waals surface area contributed by atoms with Gasteiger partial charge in [-0.2, -0.15) is 0 Å². The summed E-state index contributed by atoms with van der Waals surface area (Å²) in [6.45, 7) is 4.73. The number of hydrogen-bond acceptors (Lipinski definition) is 2. The lowest BCUT2D eigenvalue weighted by atomic mass is 10.5. The molecule has 0 saturated heterocycles. The molecule has 2 atom stereocenters. The lowest BCUT2D eigenvalue weighted by Gasteiger charge is -2.05. The summed E-state index contributed by atoms with van der Waals surface area (Å²) in [4.78, 5) is 0. The number of ether oxygens (including phenoxy) is 1. The molecule has 0 aromatic rings. The van der Waals surface area contributed by atoms with Gasteiger partial charge in [0.25, 0.3) is 0 Å². The van der Waals surface area contributed by atoms with Crippen molar-refractivity contribution in [2.24, 2.45) is 0 Å². The second kappa shape index (κ2) is 5.82. The van der Waals surface area contributed by atoms with E-state index >= 15 is 0 Å². The first-order chi connectivity index (χ1) is 4.68. The van der Waals surface area contributed by atoms with Crippen molar-refractivity contribution in [3.8, 4) is 0 Å². The van der Waals surface area contributed by atoms with Gasteiger partial charge >= 0.3 is 0 Å². The molecule has 62 valence electrons. The molecular weight excluding hydrogens is 152 g/mol. The van der Waals surface area contributed by atoms with Crippen LogP contribution in [0.3, 0.4) is 0 Å². The summed E-state index contributed by atoms with van der Waals surface area (Å²) in [7, 11) is 0. The molecule has 0 aromatic heterocycles. The van der Waals surface area contributed by atoms with Gasteiger partial charge in [0.1, 0.15) is 0 Å². The summed E-state index contributed by atoms with van der Waals surface area (Å²) < 4.78 is 23.9. The third-order valence-corrected chi connectivity index (χ3v) is 1.87. The molecule has 1 N–H and O–H groups in total. The third kappa shape index (κ3) is 4.90. The van der Waals surface area contributed by atoms with E-state index in [1.165, 1.54) is 0 Å². The summed E-state index contributed by atoms with van der Waals surface area (Å²) in [6, 6.07) is 0. The Labute approximate surface area is 64.1 Å². The average molecular weight is 166 g/mol. The maximum Gasteiger partial charge on any atom is 0.158 e. The smallest absolute Gasteiger partial charge is 0.158 e. The molecule has 0 spiro atoms. The van der Waals surface area contributed by atoms with Crippen molar-refractivity contribution in [3.63, 3.8) is 0 Å². The van der Waals surface area contributed by atoms with Crippen molar-refractivity contribution in [2.45, 2.75) is 25.5 Å². The Morgan fingerprint density at radius 1 is 1.70 bits per heavy atom. The quantitative estimate of drug-likeness (QED) is 0.490. The molecule has 0 aliphatic rings. The summed E-state index contributed by atoms with van der Waals surface area (Å²) in [5, 5.41) is -0.272. The number of rotatable bonds is 5. The highest BCUT2D eigenvalue weighted by Crippen LogP contribution is 1.93. The normalized spacial score (nSPS) is 16.7. The Morgan fingerprint density at radius 2 is 2.30 bits per heavy atom.